The Morgan fingerprint density at radius 2 is 2.08 bits per heavy atom. The van der Waals surface area contributed by atoms with Crippen molar-refractivity contribution in [3.8, 4) is 0 Å². The van der Waals surface area contributed by atoms with E-state index >= 15 is 0 Å². The Hall–Kier alpha value is -1.39. The van der Waals surface area contributed by atoms with Crippen molar-refractivity contribution in [1.82, 2.24) is 9.80 Å². The Bertz CT molecular complexity index is 249. The maximum absolute atomic E-state index is 11.1. The molecule has 66 valence electrons. The number of nitrogens with zero attached hydrogens (tertiary/aromatic N) is 2. The van der Waals surface area contributed by atoms with Gasteiger partial charge in [0.05, 0.1) is 6.54 Å². The van der Waals surface area contributed by atoms with E-state index in [-0.39, 0.29) is 24.8 Å². The second kappa shape index (κ2) is 2.92. The molecule has 0 radical (unpaired) electrons. The molecule has 1 aliphatic rings. The van der Waals surface area contributed by atoms with Crippen molar-refractivity contribution < 1.29 is 14.4 Å². The maximum atomic E-state index is 11.1. The molecule has 0 saturated carbocycles. The third kappa shape index (κ3) is 1.44. The maximum Gasteiger partial charge on any atom is 0.327 e. The summed E-state index contributed by atoms with van der Waals surface area (Å²) in [7, 11) is 1.53. The molecule has 0 aromatic carbocycles. The molecule has 1 aliphatic heterocycles. The number of rotatable bonds is 2. The normalized spacial score (nSPS) is 17.5. The van der Waals surface area contributed by atoms with E-state index < -0.39 is 6.03 Å². The summed E-state index contributed by atoms with van der Waals surface area (Å²) in [6, 6.07) is -0.393. The molecule has 0 aliphatic carbocycles. The van der Waals surface area contributed by atoms with E-state index in [4.69, 9.17) is 0 Å². The predicted octanol–water partition coefficient (Wildman–Crippen LogP) is -0.531. The third-order valence-corrected chi connectivity index (χ3v) is 1.61. The number of ketones is 1. The molecule has 0 spiro atoms. The highest BCUT2D eigenvalue weighted by molar-refractivity contribution is 6.04. The minimum absolute atomic E-state index is 0.0755. The lowest BCUT2D eigenvalue weighted by molar-refractivity contribution is -0.129. The van der Waals surface area contributed by atoms with Gasteiger partial charge in [-0.2, -0.15) is 0 Å². The highest BCUT2D eigenvalue weighted by Gasteiger charge is 2.33. The molecule has 3 amide bonds. The fourth-order valence-electron chi connectivity index (χ4n) is 1.05. The van der Waals surface area contributed by atoms with Gasteiger partial charge in [-0.15, -0.1) is 0 Å². The fourth-order valence-corrected chi connectivity index (χ4v) is 1.05. The van der Waals surface area contributed by atoms with E-state index in [9.17, 15) is 14.4 Å². The molecule has 12 heavy (non-hydrogen) atoms. The molecule has 0 atom stereocenters. The molecule has 0 unspecified atom stereocenters. The van der Waals surface area contributed by atoms with Gasteiger partial charge in [-0.1, -0.05) is 0 Å². The molecule has 1 rings (SSSR count). The van der Waals surface area contributed by atoms with E-state index in [2.05, 4.69) is 0 Å². The average Bonchev–Trinajstić information content (AvgIpc) is 2.16. The number of hydrogen-bond donors (Lipinski definition) is 0. The number of amides is 3. The first-order valence-electron chi connectivity index (χ1n) is 3.57. The highest BCUT2D eigenvalue weighted by atomic mass is 16.2. The summed E-state index contributed by atoms with van der Waals surface area (Å²) < 4.78 is 0. The van der Waals surface area contributed by atoms with Gasteiger partial charge in [-0.25, -0.2) is 4.79 Å². The van der Waals surface area contributed by atoms with Crippen molar-refractivity contribution in [3.63, 3.8) is 0 Å². The molecule has 1 saturated heterocycles. The van der Waals surface area contributed by atoms with Gasteiger partial charge in [-0.3, -0.25) is 14.5 Å². The molecular weight excluding hydrogens is 160 g/mol. The Kier molecular flexibility index (Phi) is 2.12. The minimum atomic E-state index is -0.393. The summed E-state index contributed by atoms with van der Waals surface area (Å²) in [5.74, 6) is -0.496. The van der Waals surface area contributed by atoms with Crippen LogP contribution in [0.5, 0.6) is 0 Å². The number of urea groups is 1. The predicted molar refractivity (Wildman–Crippen MR) is 40.4 cm³/mol. The van der Waals surface area contributed by atoms with Crippen molar-refractivity contribution in [2.45, 2.75) is 6.92 Å². The molecule has 5 nitrogen and oxygen atoms in total. The van der Waals surface area contributed by atoms with Gasteiger partial charge in [0.25, 0.3) is 5.91 Å². The molecule has 0 bridgehead atoms. The van der Waals surface area contributed by atoms with Gasteiger partial charge in [0.2, 0.25) is 0 Å². The van der Waals surface area contributed by atoms with Crippen LogP contribution < -0.4 is 0 Å². The van der Waals surface area contributed by atoms with Crippen molar-refractivity contribution in [2.24, 2.45) is 0 Å². The van der Waals surface area contributed by atoms with E-state index in [0.717, 1.165) is 4.90 Å². The lowest BCUT2D eigenvalue weighted by Gasteiger charge is -2.11. The first-order chi connectivity index (χ1) is 5.52. The molecule has 1 heterocycles. The summed E-state index contributed by atoms with van der Waals surface area (Å²) in [6.45, 7) is 1.31. The monoisotopic (exact) mass is 170 g/mol. The number of likely N-dealkylation sites (N-methyl/N-ethyl adjacent to an activating group) is 1. The Morgan fingerprint density at radius 1 is 1.50 bits per heavy atom. The van der Waals surface area contributed by atoms with Crippen LogP contribution in [0.15, 0.2) is 0 Å². The van der Waals surface area contributed by atoms with Crippen molar-refractivity contribution in [3.05, 3.63) is 0 Å². The van der Waals surface area contributed by atoms with E-state index in [1.165, 1.54) is 18.9 Å². The van der Waals surface area contributed by atoms with Crippen molar-refractivity contribution in [1.29, 1.82) is 0 Å². The van der Waals surface area contributed by atoms with Crippen molar-refractivity contribution >= 4 is 17.7 Å². The lowest BCUT2D eigenvalue weighted by Crippen LogP contribution is -2.35. The molecule has 5 heteroatoms. The standard InChI is InChI=1S/C7H10N2O3/c1-5(10)3-9-6(11)4-8(2)7(9)12/h3-4H2,1-2H3. The van der Waals surface area contributed by atoms with Crippen LogP contribution in [0, 0.1) is 0 Å². The van der Waals surface area contributed by atoms with Crippen LogP contribution >= 0.6 is 0 Å². The van der Waals surface area contributed by atoms with E-state index in [0.29, 0.717) is 0 Å². The van der Waals surface area contributed by atoms with Crippen LogP contribution in [0.2, 0.25) is 0 Å². The van der Waals surface area contributed by atoms with Gasteiger partial charge >= 0.3 is 6.03 Å². The Balaban J connectivity index is 2.70. The third-order valence-electron chi connectivity index (χ3n) is 1.61. The molecule has 1 fully saturated rings. The second-order valence-electron chi connectivity index (χ2n) is 2.82. The van der Waals surface area contributed by atoms with Crippen LogP contribution in [0.1, 0.15) is 6.92 Å². The first kappa shape index (κ1) is 8.70. The van der Waals surface area contributed by atoms with Crippen molar-refractivity contribution in [2.75, 3.05) is 20.1 Å². The molecule has 0 N–H and O–H groups in total. The van der Waals surface area contributed by atoms with E-state index in [1.54, 1.807) is 0 Å². The van der Waals surface area contributed by atoms with Gasteiger partial charge in [0, 0.05) is 7.05 Å². The zero-order chi connectivity index (χ0) is 9.30. The lowest BCUT2D eigenvalue weighted by atomic mass is 10.4. The second-order valence-corrected chi connectivity index (χ2v) is 2.82. The number of hydrogen-bond acceptors (Lipinski definition) is 3. The van der Waals surface area contributed by atoms with Gasteiger partial charge in [0.1, 0.15) is 12.3 Å². The quantitative estimate of drug-likeness (QED) is 0.523. The van der Waals surface area contributed by atoms with Crippen LogP contribution in [0.3, 0.4) is 0 Å². The Labute approximate surface area is 69.9 Å². The highest BCUT2D eigenvalue weighted by Crippen LogP contribution is 2.06. The van der Waals surface area contributed by atoms with E-state index in [1.807, 2.05) is 0 Å². The zero-order valence-electron chi connectivity index (χ0n) is 7.03. The Morgan fingerprint density at radius 3 is 2.42 bits per heavy atom. The largest absolute Gasteiger partial charge is 0.327 e. The summed E-state index contributed by atoms with van der Waals surface area (Å²) in [6.07, 6.45) is 0. The SMILES string of the molecule is CC(=O)CN1C(=O)CN(C)C1=O. The molecule has 0 aromatic heterocycles. The smallest absolute Gasteiger partial charge is 0.318 e. The van der Waals surface area contributed by atoms with Crippen LogP contribution in [-0.4, -0.2) is 47.7 Å². The van der Waals surface area contributed by atoms with Gasteiger partial charge in [-0.05, 0) is 6.92 Å². The molecule has 0 aromatic rings. The van der Waals surface area contributed by atoms with Gasteiger partial charge < -0.3 is 4.90 Å². The number of carbonyl (C=O) groups excluding carboxylic acids is 3. The summed E-state index contributed by atoms with van der Waals surface area (Å²) in [4.78, 5) is 35.0. The number of Topliss-reactive ketones (excluding diaryl/α,β-unsaturated/α-hetero) is 1. The average molecular weight is 170 g/mol. The first-order valence-corrected chi connectivity index (χ1v) is 3.57. The minimum Gasteiger partial charge on any atom is -0.318 e. The zero-order valence-corrected chi connectivity index (χ0v) is 7.03. The van der Waals surface area contributed by atoms with Gasteiger partial charge in [0.15, 0.2) is 0 Å². The van der Waals surface area contributed by atoms with Crippen LogP contribution in [0.25, 0.3) is 0 Å². The molecular formula is C7H10N2O3. The van der Waals surface area contributed by atoms with Crippen LogP contribution in [-0.2, 0) is 9.59 Å². The number of imide groups is 1. The topological polar surface area (TPSA) is 57.7 Å². The summed E-state index contributed by atoms with van der Waals surface area (Å²) in [5, 5.41) is 0. The summed E-state index contributed by atoms with van der Waals surface area (Å²) >= 11 is 0. The summed E-state index contributed by atoms with van der Waals surface area (Å²) in [5.41, 5.74) is 0. The van der Waals surface area contributed by atoms with Crippen LogP contribution in [0.4, 0.5) is 4.79 Å². The fraction of sp³-hybridized carbons (Fsp3) is 0.571. The number of carbonyl (C=O) groups is 3.